The van der Waals surface area contributed by atoms with Gasteiger partial charge >= 0.3 is 0 Å². The van der Waals surface area contributed by atoms with Crippen LogP contribution in [0.4, 0.5) is 11.4 Å². The molecule has 3 aromatic rings. The third kappa shape index (κ3) is 4.29. The van der Waals surface area contributed by atoms with E-state index in [4.69, 9.17) is 0 Å². The first kappa shape index (κ1) is 18.5. The maximum Gasteiger partial charge on any atom is 0.292 e. The number of hydrogen-bond acceptors (Lipinski definition) is 7. The number of carbonyl (C=O) groups excluding carboxylic acids is 1. The Morgan fingerprint density at radius 3 is 2.78 bits per heavy atom. The molecule has 1 aromatic heterocycles. The molecule has 9 nitrogen and oxygen atoms in total. The number of aryl methyl sites for hydroxylation is 1. The van der Waals surface area contributed by atoms with Crippen LogP contribution in [-0.2, 0) is 4.79 Å². The first-order valence-corrected chi connectivity index (χ1v) is 8.90. The highest BCUT2D eigenvalue weighted by atomic mass is 32.2. The summed E-state index contributed by atoms with van der Waals surface area (Å²) >= 11 is 1.16. The Labute approximate surface area is 158 Å². The number of hydrogen-bond donors (Lipinski definition) is 1. The predicted molar refractivity (Wildman–Crippen MR) is 101 cm³/mol. The number of tetrazole rings is 1. The molecule has 0 saturated carbocycles. The van der Waals surface area contributed by atoms with E-state index < -0.39 is 10.2 Å². The summed E-state index contributed by atoms with van der Waals surface area (Å²) in [5.41, 5.74) is 1.83. The van der Waals surface area contributed by atoms with Crippen LogP contribution >= 0.6 is 11.8 Å². The number of para-hydroxylation sites is 2. The summed E-state index contributed by atoms with van der Waals surface area (Å²) in [4.78, 5) is 23.0. The van der Waals surface area contributed by atoms with Crippen LogP contribution in [0.25, 0.3) is 5.69 Å². The topological polar surface area (TPSA) is 116 Å². The SMILES string of the molecule is Cc1cccc(-n2nnnc2SC(C)C(=O)Nc2ccccc2[N+](=O)[O-])c1. The molecule has 0 spiro atoms. The zero-order chi connectivity index (χ0) is 19.4. The summed E-state index contributed by atoms with van der Waals surface area (Å²) in [6.45, 7) is 3.65. The molecule has 0 radical (unpaired) electrons. The predicted octanol–water partition coefficient (Wildman–Crippen LogP) is 3.00. The average Bonchev–Trinajstić information content (AvgIpc) is 3.10. The number of thioether (sulfide) groups is 1. The second kappa shape index (κ2) is 7.96. The molecule has 1 unspecified atom stereocenters. The van der Waals surface area contributed by atoms with Gasteiger partial charge in [0, 0.05) is 6.07 Å². The lowest BCUT2D eigenvalue weighted by Gasteiger charge is -2.12. The Morgan fingerprint density at radius 1 is 1.26 bits per heavy atom. The number of nitrogens with one attached hydrogen (secondary N) is 1. The normalized spacial score (nSPS) is 11.8. The minimum atomic E-state index is -0.570. The fourth-order valence-electron chi connectivity index (χ4n) is 2.36. The number of rotatable bonds is 6. The monoisotopic (exact) mass is 384 g/mol. The van der Waals surface area contributed by atoms with Crippen molar-refractivity contribution < 1.29 is 9.72 Å². The number of nitrogens with zero attached hydrogens (tertiary/aromatic N) is 5. The molecule has 27 heavy (non-hydrogen) atoms. The molecule has 1 N–H and O–H groups in total. The Hall–Kier alpha value is -3.27. The van der Waals surface area contributed by atoms with Crippen molar-refractivity contribution in [3.63, 3.8) is 0 Å². The van der Waals surface area contributed by atoms with E-state index in [1.54, 1.807) is 23.7 Å². The number of aromatic nitrogens is 4. The molecule has 1 heterocycles. The Morgan fingerprint density at radius 2 is 2.04 bits per heavy atom. The molecule has 0 saturated heterocycles. The summed E-state index contributed by atoms with van der Waals surface area (Å²) in [6.07, 6.45) is 0. The molecule has 2 aromatic carbocycles. The molecular formula is C17H16N6O3S. The van der Waals surface area contributed by atoms with Gasteiger partial charge in [0.05, 0.1) is 15.9 Å². The second-order valence-electron chi connectivity index (χ2n) is 5.74. The Bertz CT molecular complexity index is 990. The Balaban J connectivity index is 1.75. The van der Waals surface area contributed by atoms with Gasteiger partial charge in [-0.3, -0.25) is 14.9 Å². The first-order valence-electron chi connectivity index (χ1n) is 8.02. The number of amides is 1. The van der Waals surface area contributed by atoms with Crippen molar-refractivity contribution in [1.29, 1.82) is 0 Å². The van der Waals surface area contributed by atoms with Crippen molar-refractivity contribution >= 4 is 29.0 Å². The molecular weight excluding hydrogens is 368 g/mol. The smallest absolute Gasteiger partial charge is 0.292 e. The van der Waals surface area contributed by atoms with Gasteiger partial charge in [-0.2, -0.15) is 4.68 Å². The number of nitro benzene ring substituents is 1. The van der Waals surface area contributed by atoms with E-state index in [2.05, 4.69) is 20.8 Å². The second-order valence-corrected chi connectivity index (χ2v) is 7.04. The Kier molecular flexibility index (Phi) is 5.46. The minimum absolute atomic E-state index is 0.151. The number of anilines is 1. The fourth-order valence-corrected chi connectivity index (χ4v) is 3.17. The first-order chi connectivity index (χ1) is 13.0. The van der Waals surface area contributed by atoms with E-state index in [9.17, 15) is 14.9 Å². The highest BCUT2D eigenvalue weighted by molar-refractivity contribution is 8.00. The van der Waals surface area contributed by atoms with E-state index >= 15 is 0 Å². The van der Waals surface area contributed by atoms with Gasteiger partial charge < -0.3 is 5.32 Å². The number of benzene rings is 2. The summed E-state index contributed by atoms with van der Waals surface area (Å²) in [5, 5.41) is 25.2. The molecule has 3 rings (SSSR count). The van der Waals surface area contributed by atoms with Crippen molar-refractivity contribution in [3.8, 4) is 5.69 Å². The van der Waals surface area contributed by atoms with E-state index in [0.29, 0.717) is 5.16 Å². The molecule has 1 amide bonds. The third-order valence-electron chi connectivity index (χ3n) is 3.70. The zero-order valence-corrected chi connectivity index (χ0v) is 15.4. The van der Waals surface area contributed by atoms with Gasteiger partial charge in [-0.25, -0.2) is 0 Å². The molecule has 1 atom stereocenters. The van der Waals surface area contributed by atoms with Crippen molar-refractivity contribution in [1.82, 2.24) is 20.2 Å². The molecule has 10 heteroatoms. The van der Waals surface area contributed by atoms with Gasteiger partial charge in [0.25, 0.3) is 5.69 Å². The van der Waals surface area contributed by atoms with E-state index in [-0.39, 0.29) is 17.3 Å². The summed E-state index contributed by atoms with van der Waals surface area (Å²) < 4.78 is 1.55. The van der Waals surface area contributed by atoms with E-state index in [1.165, 1.54) is 12.1 Å². The highest BCUT2D eigenvalue weighted by Crippen LogP contribution is 2.27. The van der Waals surface area contributed by atoms with Crippen molar-refractivity contribution in [2.24, 2.45) is 0 Å². The van der Waals surface area contributed by atoms with Gasteiger partial charge in [-0.05, 0) is 48.0 Å². The molecule has 0 fully saturated rings. The molecule has 0 bridgehead atoms. The van der Waals surface area contributed by atoms with Crippen LogP contribution in [0.2, 0.25) is 0 Å². The molecule has 138 valence electrons. The molecule has 0 aliphatic rings. The lowest BCUT2D eigenvalue weighted by Crippen LogP contribution is -2.23. The lowest BCUT2D eigenvalue weighted by atomic mass is 10.2. The third-order valence-corrected chi connectivity index (χ3v) is 4.73. The van der Waals surface area contributed by atoms with Gasteiger partial charge in [-0.1, -0.05) is 36.0 Å². The minimum Gasteiger partial charge on any atom is -0.319 e. The molecule has 0 aliphatic heterocycles. The summed E-state index contributed by atoms with van der Waals surface area (Å²) in [6, 6.07) is 13.6. The fraction of sp³-hybridized carbons (Fsp3) is 0.176. The van der Waals surface area contributed by atoms with Gasteiger partial charge in [-0.15, -0.1) is 5.10 Å². The highest BCUT2D eigenvalue weighted by Gasteiger charge is 2.22. The van der Waals surface area contributed by atoms with Gasteiger partial charge in [0.15, 0.2) is 0 Å². The quantitative estimate of drug-likeness (QED) is 0.394. The van der Waals surface area contributed by atoms with Crippen LogP contribution in [0.1, 0.15) is 12.5 Å². The van der Waals surface area contributed by atoms with Crippen LogP contribution in [0, 0.1) is 17.0 Å². The summed E-state index contributed by atoms with van der Waals surface area (Å²) in [7, 11) is 0. The summed E-state index contributed by atoms with van der Waals surface area (Å²) in [5.74, 6) is -0.381. The van der Waals surface area contributed by atoms with Crippen LogP contribution < -0.4 is 5.32 Å². The maximum absolute atomic E-state index is 12.5. The maximum atomic E-state index is 12.5. The van der Waals surface area contributed by atoms with E-state index in [1.807, 2.05) is 31.2 Å². The van der Waals surface area contributed by atoms with Crippen molar-refractivity contribution in [2.75, 3.05) is 5.32 Å². The van der Waals surface area contributed by atoms with Crippen molar-refractivity contribution in [3.05, 3.63) is 64.2 Å². The van der Waals surface area contributed by atoms with Crippen LogP contribution in [0.5, 0.6) is 0 Å². The number of nitro groups is 1. The van der Waals surface area contributed by atoms with Crippen LogP contribution in [0.15, 0.2) is 53.7 Å². The van der Waals surface area contributed by atoms with Crippen LogP contribution in [0.3, 0.4) is 0 Å². The largest absolute Gasteiger partial charge is 0.319 e. The van der Waals surface area contributed by atoms with Crippen molar-refractivity contribution in [2.45, 2.75) is 24.3 Å². The van der Waals surface area contributed by atoms with Gasteiger partial charge in [0.1, 0.15) is 5.69 Å². The van der Waals surface area contributed by atoms with Gasteiger partial charge in [0.2, 0.25) is 11.1 Å². The molecule has 0 aliphatic carbocycles. The lowest BCUT2D eigenvalue weighted by molar-refractivity contribution is -0.383. The standard InChI is InChI=1S/C17H16N6O3S/c1-11-6-5-7-13(10-11)22-17(19-20-21-22)27-12(2)16(24)18-14-8-3-4-9-15(14)23(25)26/h3-10,12H,1-2H3,(H,18,24). The van der Waals surface area contributed by atoms with Crippen LogP contribution in [-0.4, -0.2) is 36.3 Å². The van der Waals surface area contributed by atoms with E-state index in [0.717, 1.165) is 23.0 Å². The zero-order valence-electron chi connectivity index (χ0n) is 14.6. The average molecular weight is 384 g/mol. The number of carbonyl (C=O) groups is 1.